The van der Waals surface area contributed by atoms with Gasteiger partial charge < -0.3 is 15.4 Å². The number of nitrogen functional groups attached to an aromatic ring is 1. The van der Waals surface area contributed by atoms with Crippen LogP contribution in [-0.2, 0) is 4.74 Å². The molecule has 2 bridgehead atoms. The van der Waals surface area contributed by atoms with Gasteiger partial charge in [-0.2, -0.15) is 0 Å². The molecule has 2 saturated heterocycles. The van der Waals surface area contributed by atoms with Gasteiger partial charge in [-0.05, 0) is 31.0 Å². The first-order valence-corrected chi connectivity index (χ1v) is 6.92. The van der Waals surface area contributed by atoms with E-state index in [0.29, 0.717) is 24.3 Å². The molecule has 0 aromatic heterocycles. The Morgan fingerprint density at radius 3 is 2.67 bits per heavy atom. The topological polar surface area (TPSA) is 55.6 Å². The summed E-state index contributed by atoms with van der Waals surface area (Å²) in [7, 11) is 0. The number of rotatable bonds is 1. The summed E-state index contributed by atoms with van der Waals surface area (Å²) in [6.07, 6.45) is 2.53. The molecular formula is C13H15BrN2O2. The van der Waals surface area contributed by atoms with E-state index >= 15 is 0 Å². The molecule has 2 fully saturated rings. The van der Waals surface area contributed by atoms with E-state index in [-0.39, 0.29) is 18.1 Å². The number of morpholine rings is 1. The fourth-order valence-corrected chi connectivity index (χ4v) is 3.03. The van der Waals surface area contributed by atoms with Crippen molar-refractivity contribution in [2.45, 2.75) is 25.0 Å². The molecule has 3 rings (SSSR count). The quantitative estimate of drug-likeness (QED) is 0.808. The third-order valence-electron chi connectivity index (χ3n) is 3.58. The zero-order valence-electron chi connectivity index (χ0n) is 9.93. The minimum Gasteiger partial charge on any atom is -0.398 e. The Balaban J connectivity index is 1.84. The number of fused-ring (bicyclic) bond motifs is 2. The zero-order valence-corrected chi connectivity index (χ0v) is 11.5. The van der Waals surface area contributed by atoms with Gasteiger partial charge in [-0.15, -0.1) is 0 Å². The van der Waals surface area contributed by atoms with Crippen molar-refractivity contribution in [1.29, 1.82) is 0 Å². The maximum absolute atomic E-state index is 12.5. The fourth-order valence-electron chi connectivity index (χ4n) is 2.66. The molecule has 0 saturated carbocycles. The Bertz CT molecular complexity index is 480. The molecule has 1 aromatic rings. The van der Waals surface area contributed by atoms with Crippen molar-refractivity contribution >= 4 is 27.5 Å². The highest BCUT2D eigenvalue weighted by Crippen LogP contribution is 2.28. The second-order valence-corrected chi connectivity index (χ2v) is 5.81. The van der Waals surface area contributed by atoms with E-state index in [1.54, 1.807) is 12.1 Å². The third-order valence-corrected chi connectivity index (χ3v) is 4.07. The molecular weight excluding hydrogens is 296 g/mol. The number of amides is 1. The summed E-state index contributed by atoms with van der Waals surface area (Å²) < 4.78 is 6.60. The number of nitrogens with zero attached hydrogens (tertiary/aromatic N) is 1. The molecule has 2 aliphatic rings. The number of carbonyl (C=O) groups excluding carboxylic acids is 1. The summed E-state index contributed by atoms with van der Waals surface area (Å²) in [5.74, 6) is 0.00833. The minimum atomic E-state index is 0.00833. The molecule has 18 heavy (non-hydrogen) atoms. The van der Waals surface area contributed by atoms with Crippen LogP contribution >= 0.6 is 15.9 Å². The van der Waals surface area contributed by atoms with Crippen LogP contribution in [0.25, 0.3) is 0 Å². The highest BCUT2D eigenvalue weighted by Gasteiger charge is 2.36. The number of ether oxygens (including phenoxy) is 1. The summed E-state index contributed by atoms with van der Waals surface area (Å²) in [6, 6.07) is 5.39. The normalized spacial score (nSPS) is 26.4. The van der Waals surface area contributed by atoms with Gasteiger partial charge in [0.05, 0.1) is 17.8 Å². The van der Waals surface area contributed by atoms with E-state index in [4.69, 9.17) is 10.5 Å². The van der Waals surface area contributed by atoms with Crippen molar-refractivity contribution in [2.24, 2.45) is 0 Å². The number of anilines is 1. The van der Waals surface area contributed by atoms with Gasteiger partial charge in [-0.1, -0.05) is 15.9 Å². The van der Waals surface area contributed by atoms with Crippen molar-refractivity contribution in [3.05, 3.63) is 28.2 Å². The highest BCUT2D eigenvalue weighted by atomic mass is 79.9. The average Bonchev–Trinajstić information content (AvgIpc) is 2.70. The highest BCUT2D eigenvalue weighted by molar-refractivity contribution is 9.10. The summed E-state index contributed by atoms with van der Waals surface area (Å²) >= 11 is 3.37. The van der Waals surface area contributed by atoms with Crippen molar-refractivity contribution in [3.8, 4) is 0 Å². The molecule has 2 unspecified atom stereocenters. The van der Waals surface area contributed by atoms with Gasteiger partial charge in [-0.3, -0.25) is 4.79 Å². The van der Waals surface area contributed by atoms with Crippen molar-refractivity contribution in [3.63, 3.8) is 0 Å². The zero-order chi connectivity index (χ0) is 12.7. The molecule has 2 N–H and O–H groups in total. The van der Waals surface area contributed by atoms with Gasteiger partial charge in [0, 0.05) is 23.2 Å². The molecule has 0 aliphatic carbocycles. The molecule has 0 radical (unpaired) electrons. The van der Waals surface area contributed by atoms with E-state index < -0.39 is 0 Å². The third kappa shape index (κ3) is 2.12. The van der Waals surface area contributed by atoms with Gasteiger partial charge in [-0.25, -0.2) is 0 Å². The van der Waals surface area contributed by atoms with Gasteiger partial charge >= 0.3 is 0 Å². The van der Waals surface area contributed by atoms with Crippen LogP contribution < -0.4 is 5.73 Å². The standard InChI is InChI=1S/C13H15BrN2O2/c14-8-1-4-12(15)11(5-8)13(17)16-6-9-2-3-10(7-16)18-9/h1,4-5,9-10H,2-3,6-7,15H2. The lowest BCUT2D eigenvalue weighted by molar-refractivity contribution is -0.0303. The Labute approximate surface area is 114 Å². The van der Waals surface area contributed by atoms with Crippen LogP contribution in [-0.4, -0.2) is 36.1 Å². The molecule has 2 aliphatic heterocycles. The summed E-state index contributed by atoms with van der Waals surface area (Å²) in [6.45, 7) is 1.36. The van der Waals surface area contributed by atoms with Gasteiger partial charge in [0.1, 0.15) is 0 Å². The predicted molar refractivity (Wildman–Crippen MR) is 72.4 cm³/mol. The number of hydrogen-bond acceptors (Lipinski definition) is 3. The van der Waals surface area contributed by atoms with Crippen LogP contribution in [0.2, 0.25) is 0 Å². The lowest BCUT2D eigenvalue weighted by Crippen LogP contribution is -2.46. The van der Waals surface area contributed by atoms with Crippen LogP contribution in [0.1, 0.15) is 23.2 Å². The predicted octanol–water partition coefficient (Wildman–Crippen LogP) is 2.03. The van der Waals surface area contributed by atoms with Gasteiger partial charge in [0.25, 0.3) is 5.91 Å². The number of carbonyl (C=O) groups is 1. The first-order chi connectivity index (χ1) is 8.63. The summed E-state index contributed by atoms with van der Waals surface area (Å²) in [5, 5.41) is 0. The fraction of sp³-hybridized carbons (Fsp3) is 0.462. The first kappa shape index (κ1) is 12.0. The second kappa shape index (κ2) is 4.55. The number of halogens is 1. The van der Waals surface area contributed by atoms with E-state index in [2.05, 4.69) is 15.9 Å². The van der Waals surface area contributed by atoms with Gasteiger partial charge in [0.15, 0.2) is 0 Å². The number of likely N-dealkylation sites (tertiary alicyclic amines) is 1. The maximum atomic E-state index is 12.5. The van der Waals surface area contributed by atoms with Crippen LogP contribution in [0.5, 0.6) is 0 Å². The van der Waals surface area contributed by atoms with E-state index in [1.165, 1.54) is 0 Å². The minimum absolute atomic E-state index is 0.00833. The van der Waals surface area contributed by atoms with Crippen molar-refractivity contribution < 1.29 is 9.53 Å². The molecule has 1 aromatic carbocycles. The Morgan fingerprint density at radius 2 is 2.00 bits per heavy atom. The van der Waals surface area contributed by atoms with Crippen LogP contribution in [0.4, 0.5) is 5.69 Å². The lowest BCUT2D eigenvalue weighted by Gasteiger charge is -2.32. The average molecular weight is 311 g/mol. The first-order valence-electron chi connectivity index (χ1n) is 6.13. The smallest absolute Gasteiger partial charge is 0.256 e. The van der Waals surface area contributed by atoms with E-state index in [9.17, 15) is 4.79 Å². The molecule has 2 atom stereocenters. The Kier molecular flexibility index (Phi) is 3.03. The van der Waals surface area contributed by atoms with Crippen molar-refractivity contribution in [1.82, 2.24) is 4.90 Å². The molecule has 96 valence electrons. The van der Waals surface area contributed by atoms with E-state index in [1.807, 2.05) is 11.0 Å². The van der Waals surface area contributed by atoms with Crippen LogP contribution in [0.15, 0.2) is 22.7 Å². The number of nitrogens with two attached hydrogens (primary N) is 1. The summed E-state index contributed by atoms with van der Waals surface area (Å²) in [4.78, 5) is 14.3. The molecule has 0 spiro atoms. The number of hydrogen-bond donors (Lipinski definition) is 1. The SMILES string of the molecule is Nc1ccc(Br)cc1C(=O)N1CC2CCC(C1)O2. The summed E-state index contributed by atoms with van der Waals surface area (Å²) in [5.41, 5.74) is 6.99. The number of benzene rings is 1. The molecule has 4 nitrogen and oxygen atoms in total. The molecule has 5 heteroatoms. The second-order valence-electron chi connectivity index (χ2n) is 4.90. The maximum Gasteiger partial charge on any atom is 0.256 e. The van der Waals surface area contributed by atoms with Crippen LogP contribution in [0, 0.1) is 0 Å². The Morgan fingerprint density at radius 1 is 1.33 bits per heavy atom. The van der Waals surface area contributed by atoms with Crippen molar-refractivity contribution in [2.75, 3.05) is 18.8 Å². The lowest BCUT2D eigenvalue weighted by atomic mass is 10.1. The van der Waals surface area contributed by atoms with Crippen LogP contribution in [0.3, 0.4) is 0 Å². The monoisotopic (exact) mass is 310 g/mol. The Hall–Kier alpha value is -1.07. The van der Waals surface area contributed by atoms with Gasteiger partial charge in [0.2, 0.25) is 0 Å². The molecule has 1 amide bonds. The molecule has 2 heterocycles. The van der Waals surface area contributed by atoms with E-state index in [0.717, 1.165) is 17.3 Å². The largest absolute Gasteiger partial charge is 0.398 e.